The molecule has 0 unspecified atom stereocenters. The topological polar surface area (TPSA) is 78.4 Å². The third-order valence-corrected chi connectivity index (χ3v) is 3.27. The molecule has 2 amide bonds. The van der Waals surface area contributed by atoms with Gasteiger partial charge in [0.1, 0.15) is 11.6 Å². The highest BCUT2D eigenvalue weighted by atomic mass is 19.1. The van der Waals surface area contributed by atoms with Crippen LogP contribution in [0.25, 0.3) is 0 Å². The second kappa shape index (κ2) is 8.16. The second-order valence-corrected chi connectivity index (χ2v) is 5.05. The Balaban J connectivity index is 1.80. The van der Waals surface area contributed by atoms with Crippen LogP contribution in [0.1, 0.15) is 18.1 Å². The fourth-order valence-corrected chi connectivity index (χ4v) is 2.01. The van der Waals surface area contributed by atoms with Gasteiger partial charge in [0.2, 0.25) is 0 Å². The number of anilines is 1. The number of carbonyl (C=O) groups is 2. The smallest absolute Gasteiger partial charge is 0.313 e. The molecule has 2 aromatic carbocycles. The average Bonchev–Trinajstić information content (AvgIpc) is 2.57. The first-order valence-electron chi connectivity index (χ1n) is 7.24. The number of hydrogen-bond donors (Lipinski definition) is 3. The minimum Gasteiger partial charge on any atom is -0.388 e. The molecular formula is C17H16F2N2O3. The number of benzene rings is 2. The van der Waals surface area contributed by atoms with E-state index in [4.69, 9.17) is 0 Å². The summed E-state index contributed by atoms with van der Waals surface area (Å²) in [4.78, 5) is 23.3. The van der Waals surface area contributed by atoms with E-state index in [-0.39, 0.29) is 18.7 Å². The van der Waals surface area contributed by atoms with Crippen molar-refractivity contribution in [2.24, 2.45) is 0 Å². The number of nitrogens with one attached hydrogen (secondary N) is 2. The van der Waals surface area contributed by atoms with E-state index in [2.05, 4.69) is 10.6 Å². The molecule has 0 fully saturated rings. The van der Waals surface area contributed by atoms with E-state index in [0.29, 0.717) is 11.6 Å². The Hall–Kier alpha value is -2.80. The van der Waals surface area contributed by atoms with E-state index >= 15 is 0 Å². The monoisotopic (exact) mass is 334 g/mol. The first-order chi connectivity index (χ1) is 11.5. The molecule has 0 bridgehead atoms. The van der Waals surface area contributed by atoms with Crippen LogP contribution >= 0.6 is 0 Å². The Morgan fingerprint density at radius 3 is 2.42 bits per heavy atom. The number of rotatable bonds is 5. The maximum absolute atomic E-state index is 13.4. The molecule has 24 heavy (non-hydrogen) atoms. The van der Waals surface area contributed by atoms with Crippen molar-refractivity contribution >= 4 is 17.5 Å². The van der Waals surface area contributed by atoms with Crippen molar-refractivity contribution in [2.75, 3.05) is 11.9 Å². The molecule has 0 aliphatic heterocycles. The zero-order valence-electron chi connectivity index (χ0n) is 12.6. The number of hydrogen-bond acceptors (Lipinski definition) is 3. The van der Waals surface area contributed by atoms with Crippen LogP contribution in [-0.4, -0.2) is 23.5 Å². The van der Waals surface area contributed by atoms with Crippen LogP contribution in [0, 0.1) is 11.6 Å². The van der Waals surface area contributed by atoms with Crippen LogP contribution in [-0.2, 0) is 9.59 Å². The number of halogens is 2. The van der Waals surface area contributed by atoms with Gasteiger partial charge in [0.25, 0.3) is 0 Å². The van der Waals surface area contributed by atoms with E-state index in [0.717, 1.165) is 12.1 Å². The summed E-state index contributed by atoms with van der Waals surface area (Å²) in [6, 6.07) is 11.5. The van der Waals surface area contributed by atoms with Crippen LogP contribution in [0.5, 0.6) is 0 Å². The summed E-state index contributed by atoms with van der Waals surface area (Å²) in [7, 11) is 0. The first-order valence-corrected chi connectivity index (χ1v) is 7.24. The first kappa shape index (κ1) is 17.6. The van der Waals surface area contributed by atoms with Crippen LogP contribution < -0.4 is 10.6 Å². The van der Waals surface area contributed by atoms with Gasteiger partial charge < -0.3 is 15.7 Å². The standard InChI is InChI=1S/C17H16F2N2O3/c18-12-6-7-14(13(19)10-12)21-17(24)16(23)20-9-8-15(22)11-4-2-1-3-5-11/h1-7,10,15,22H,8-9H2,(H,20,23)(H,21,24)/t15-/m1/s1. The highest BCUT2D eigenvalue weighted by molar-refractivity contribution is 6.39. The lowest BCUT2D eigenvalue weighted by atomic mass is 10.1. The predicted molar refractivity (Wildman–Crippen MR) is 84.0 cm³/mol. The van der Waals surface area contributed by atoms with E-state index in [1.54, 1.807) is 24.3 Å². The summed E-state index contributed by atoms with van der Waals surface area (Å²) in [5.41, 5.74) is 0.408. The molecule has 0 aromatic heterocycles. The van der Waals surface area contributed by atoms with Gasteiger partial charge in [-0.1, -0.05) is 30.3 Å². The summed E-state index contributed by atoms with van der Waals surface area (Å²) in [6.07, 6.45) is -0.558. The Morgan fingerprint density at radius 2 is 1.75 bits per heavy atom. The molecule has 7 heteroatoms. The predicted octanol–water partition coefficient (Wildman–Crippen LogP) is 2.14. The van der Waals surface area contributed by atoms with Crippen molar-refractivity contribution < 1.29 is 23.5 Å². The lowest BCUT2D eigenvalue weighted by molar-refractivity contribution is -0.136. The SMILES string of the molecule is O=C(NCC[C@@H](O)c1ccccc1)C(=O)Nc1ccc(F)cc1F. The van der Waals surface area contributed by atoms with Crippen molar-refractivity contribution in [3.05, 3.63) is 65.7 Å². The van der Waals surface area contributed by atoms with E-state index in [1.807, 2.05) is 6.07 Å². The number of aliphatic hydroxyl groups is 1. The van der Waals surface area contributed by atoms with Crippen LogP contribution in [0.4, 0.5) is 14.5 Å². The van der Waals surface area contributed by atoms with Gasteiger partial charge in [0.15, 0.2) is 0 Å². The summed E-state index contributed by atoms with van der Waals surface area (Å²) in [5, 5.41) is 14.3. The lowest BCUT2D eigenvalue weighted by Gasteiger charge is -2.11. The van der Waals surface area contributed by atoms with Crippen molar-refractivity contribution in [1.82, 2.24) is 5.32 Å². The Kier molecular flexibility index (Phi) is 5.97. The molecule has 0 aliphatic rings. The lowest BCUT2D eigenvalue weighted by Crippen LogP contribution is -2.36. The third kappa shape index (κ3) is 4.85. The molecule has 5 nitrogen and oxygen atoms in total. The van der Waals surface area contributed by atoms with Gasteiger partial charge in [-0.3, -0.25) is 9.59 Å². The number of carbonyl (C=O) groups excluding carboxylic acids is 2. The van der Waals surface area contributed by atoms with Crippen molar-refractivity contribution in [1.29, 1.82) is 0 Å². The van der Waals surface area contributed by atoms with Crippen LogP contribution in [0.3, 0.4) is 0 Å². The maximum atomic E-state index is 13.4. The molecule has 3 N–H and O–H groups in total. The molecule has 1 atom stereocenters. The highest BCUT2D eigenvalue weighted by Crippen LogP contribution is 2.16. The Labute approximate surface area is 137 Å². The largest absolute Gasteiger partial charge is 0.388 e. The second-order valence-electron chi connectivity index (χ2n) is 5.05. The van der Waals surface area contributed by atoms with Gasteiger partial charge >= 0.3 is 11.8 Å². The summed E-state index contributed by atoms with van der Waals surface area (Å²) in [6.45, 7) is 0.0637. The van der Waals surface area contributed by atoms with Gasteiger partial charge in [0.05, 0.1) is 11.8 Å². The molecule has 0 heterocycles. The molecule has 2 aromatic rings. The normalized spacial score (nSPS) is 11.6. The van der Waals surface area contributed by atoms with E-state index in [1.165, 1.54) is 0 Å². The van der Waals surface area contributed by atoms with Crippen molar-refractivity contribution in [3.8, 4) is 0 Å². The molecule has 0 saturated heterocycles. The highest BCUT2D eigenvalue weighted by Gasteiger charge is 2.16. The molecule has 0 aliphatic carbocycles. The fraction of sp³-hybridized carbons (Fsp3) is 0.176. The van der Waals surface area contributed by atoms with Crippen molar-refractivity contribution in [3.63, 3.8) is 0 Å². The third-order valence-electron chi connectivity index (χ3n) is 3.27. The van der Waals surface area contributed by atoms with Crippen LogP contribution in [0.15, 0.2) is 48.5 Å². The van der Waals surface area contributed by atoms with E-state index in [9.17, 15) is 23.5 Å². The van der Waals surface area contributed by atoms with Gasteiger partial charge in [0, 0.05) is 12.6 Å². The number of aliphatic hydroxyl groups excluding tert-OH is 1. The Morgan fingerprint density at radius 1 is 1.04 bits per heavy atom. The van der Waals surface area contributed by atoms with Gasteiger partial charge in [-0.25, -0.2) is 8.78 Å². The van der Waals surface area contributed by atoms with E-state index < -0.39 is 29.6 Å². The van der Waals surface area contributed by atoms with Gasteiger partial charge in [-0.05, 0) is 24.1 Å². The minimum atomic E-state index is -1.07. The molecule has 0 saturated carbocycles. The molecular weight excluding hydrogens is 318 g/mol. The minimum absolute atomic E-state index is 0.0637. The molecule has 126 valence electrons. The molecule has 0 spiro atoms. The van der Waals surface area contributed by atoms with Crippen molar-refractivity contribution in [2.45, 2.75) is 12.5 Å². The zero-order chi connectivity index (χ0) is 17.5. The zero-order valence-corrected chi connectivity index (χ0v) is 12.6. The summed E-state index contributed by atoms with van der Waals surface area (Å²) < 4.78 is 26.2. The molecule has 0 radical (unpaired) electrons. The van der Waals surface area contributed by atoms with Gasteiger partial charge in [-0.15, -0.1) is 0 Å². The quantitative estimate of drug-likeness (QED) is 0.733. The molecule has 2 rings (SSSR count). The average molecular weight is 334 g/mol. The fourth-order valence-electron chi connectivity index (χ4n) is 2.01. The van der Waals surface area contributed by atoms with Gasteiger partial charge in [-0.2, -0.15) is 0 Å². The summed E-state index contributed by atoms with van der Waals surface area (Å²) >= 11 is 0. The van der Waals surface area contributed by atoms with Crippen LogP contribution in [0.2, 0.25) is 0 Å². The summed E-state index contributed by atoms with van der Waals surface area (Å²) in [5.74, 6) is -3.81. The number of amides is 2. The maximum Gasteiger partial charge on any atom is 0.313 e. The Bertz CT molecular complexity index is 723.